The van der Waals surface area contributed by atoms with E-state index in [1.165, 1.54) is 0 Å². The van der Waals surface area contributed by atoms with Crippen LogP contribution in [0.5, 0.6) is 11.5 Å². The van der Waals surface area contributed by atoms with Crippen molar-refractivity contribution >= 4 is 17.5 Å². The number of rotatable bonds is 8. The average molecular weight is 342 g/mol. The van der Waals surface area contributed by atoms with Crippen molar-refractivity contribution in [1.29, 1.82) is 0 Å². The number of ether oxygens (including phenoxy) is 2. The van der Waals surface area contributed by atoms with Gasteiger partial charge in [0.2, 0.25) is 5.91 Å². The van der Waals surface area contributed by atoms with Crippen LogP contribution in [-0.2, 0) is 11.2 Å². The highest BCUT2D eigenvalue weighted by Crippen LogP contribution is 2.28. The van der Waals surface area contributed by atoms with Crippen molar-refractivity contribution in [3.05, 3.63) is 53.6 Å². The van der Waals surface area contributed by atoms with E-state index in [2.05, 4.69) is 5.32 Å². The Bertz CT molecular complexity index is 759. The number of aryl methyl sites for hydroxylation is 1. The predicted octanol–water partition coefficient (Wildman–Crippen LogP) is 2.76. The third-order valence-corrected chi connectivity index (χ3v) is 3.64. The topological polar surface area (TPSA) is 90.6 Å². The van der Waals surface area contributed by atoms with Crippen LogP contribution in [-0.4, -0.2) is 25.5 Å². The Morgan fingerprint density at radius 2 is 1.88 bits per heavy atom. The number of carbonyl (C=O) groups excluding carboxylic acids is 2. The van der Waals surface area contributed by atoms with Crippen molar-refractivity contribution in [2.75, 3.05) is 19.0 Å². The molecule has 0 radical (unpaired) electrons. The largest absolute Gasteiger partial charge is 0.493 e. The maximum Gasteiger partial charge on any atom is 0.250 e. The summed E-state index contributed by atoms with van der Waals surface area (Å²) in [5.74, 6) is 0.543. The summed E-state index contributed by atoms with van der Waals surface area (Å²) in [7, 11) is 1.58. The molecule has 0 unspecified atom stereocenters. The zero-order valence-electron chi connectivity index (χ0n) is 14.4. The van der Waals surface area contributed by atoms with Crippen LogP contribution >= 0.6 is 0 Å². The van der Waals surface area contributed by atoms with Gasteiger partial charge in [-0.1, -0.05) is 18.2 Å². The van der Waals surface area contributed by atoms with E-state index in [9.17, 15) is 9.59 Å². The van der Waals surface area contributed by atoms with Crippen LogP contribution < -0.4 is 20.5 Å². The summed E-state index contributed by atoms with van der Waals surface area (Å²) in [5, 5.41) is 2.73. The molecule has 3 N–H and O–H groups in total. The van der Waals surface area contributed by atoms with Gasteiger partial charge in [0.25, 0.3) is 5.91 Å². The zero-order valence-corrected chi connectivity index (χ0v) is 14.4. The standard InChI is InChI=1S/C19H22N2O4/c1-3-25-16-10-8-13(12-17(16)24-2)9-11-18(22)21-15-7-5-4-6-14(15)19(20)23/h4-8,10,12H,3,9,11H2,1-2H3,(H2,20,23)(H,21,22). The van der Waals surface area contributed by atoms with E-state index in [0.29, 0.717) is 35.8 Å². The number of nitrogens with two attached hydrogens (primary N) is 1. The fourth-order valence-electron chi connectivity index (χ4n) is 2.42. The number of carbonyl (C=O) groups is 2. The number of nitrogens with one attached hydrogen (secondary N) is 1. The molecule has 0 aromatic heterocycles. The maximum absolute atomic E-state index is 12.2. The van der Waals surface area contributed by atoms with Crippen molar-refractivity contribution in [2.24, 2.45) is 5.73 Å². The first kappa shape index (κ1) is 18.3. The Morgan fingerprint density at radius 3 is 2.56 bits per heavy atom. The molecule has 0 saturated carbocycles. The van der Waals surface area contributed by atoms with Gasteiger partial charge in [-0.15, -0.1) is 0 Å². The highest BCUT2D eigenvalue weighted by Gasteiger charge is 2.11. The lowest BCUT2D eigenvalue weighted by Crippen LogP contribution is -2.18. The molecule has 0 aliphatic carbocycles. The summed E-state index contributed by atoms with van der Waals surface area (Å²) in [5.41, 5.74) is 6.98. The second kappa shape index (κ2) is 8.73. The van der Waals surface area contributed by atoms with Crippen LogP contribution in [0.2, 0.25) is 0 Å². The molecule has 0 fully saturated rings. The summed E-state index contributed by atoms with van der Waals surface area (Å²) in [6.45, 7) is 2.46. The number of primary amides is 1. The number of anilines is 1. The number of hydrogen-bond acceptors (Lipinski definition) is 4. The number of methoxy groups -OCH3 is 1. The highest BCUT2D eigenvalue weighted by atomic mass is 16.5. The molecule has 0 atom stereocenters. The molecule has 25 heavy (non-hydrogen) atoms. The molecule has 0 spiro atoms. The summed E-state index contributed by atoms with van der Waals surface area (Å²) in [6.07, 6.45) is 0.803. The van der Waals surface area contributed by atoms with Crippen LogP contribution in [0.1, 0.15) is 29.3 Å². The molecule has 2 rings (SSSR count). The van der Waals surface area contributed by atoms with Crippen LogP contribution in [0.3, 0.4) is 0 Å². The zero-order chi connectivity index (χ0) is 18.2. The Kier molecular flexibility index (Phi) is 6.39. The molecular weight excluding hydrogens is 320 g/mol. The SMILES string of the molecule is CCOc1ccc(CCC(=O)Nc2ccccc2C(N)=O)cc1OC. The van der Waals surface area contributed by atoms with Gasteiger partial charge in [-0.05, 0) is 43.2 Å². The van der Waals surface area contributed by atoms with Crippen LogP contribution in [0.4, 0.5) is 5.69 Å². The predicted molar refractivity (Wildman–Crippen MR) is 96.1 cm³/mol. The number of benzene rings is 2. The van der Waals surface area contributed by atoms with Gasteiger partial charge in [0.1, 0.15) is 0 Å². The molecular formula is C19H22N2O4. The summed E-state index contributed by atoms with van der Waals surface area (Å²) in [6, 6.07) is 12.3. The van der Waals surface area contributed by atoms with Crippen LogP contribution in [0, 0.1) is 0 Å². The van der Waals surface area contributed by atoms with E-state index >= 15 is 0 Å². The van der Waals surface area contributed by atoms with Crippen molar-refractivity contribution < 1.29 is 19.1 Å². The normalized spacial score (nSPS) is 10.2. The molecule has 2 amide bonds. The van der Waals surface area contributed by atoms with Crippen molar-refractivity contribution in [2.45, 2.75) is 19.8 Å². The summed E-state index contributed by atoms with van der Waals surface area (Å²) >= 11 is 0. The molecule has 0 bridgehead atoms. The molecule has 0 aliphatic rings. The lowest BCUT2D eigenvalue weighted by atomic mass is 10.1. The van der Waals surface area contributed by atoms with Crippen molar-refractivity contribution in [1.82, 2.24) is 0 Å². The molecule has 6 heteroatoms. The molecule has 2 aromatic carbocycles. The second-order valence-corrected chi connectivity index (χ2v) is 5.38. The number of hydrogen-bond donors (Lipinski definition) is 2. The fourth-order valence-corrected chi connectivity index (χ4v) is 2.42. The minimum atomic E-state index is -0.577. The summed E-state index contributed by atoms with van der Waals surface area (Å²) < 4.78 is 10.8. The smallest absolute Gasteiger partial charge is 0.250 e. The van der Waals surface area contributed by atoms with Crippen LogP contribution in [0.25, 0.3) is 0 Å². The fraction of sp³-hybridized carbons (Fsp3) is 0.263. The van der Waals surface area contributed by atoms with Crippen LogP contribution in [0.15, 0.2) is 42.5 Å². The Labute approximate surface area is 146 Å². The second-order valence-electron chi connectivity index (χ2n) is 5.38. The van der Waals surface area contributed by atoms with E-state index < -0.39 is 5.91 Å². The quantitative estimate of drug-likeness (QED) is 0.772. The van der Waals surface area contributed by atoms with Crippen molar-refractivity contribution in [3.8, 4) is 11.5 Å². The lowest BCUT2D eigenvalue weighted by molar-refractivity contribution is -0.116. The van der Waals surface area contributed by atoms with E-state index in [0.717, 1.165) is 5.56 Å². The molecule has 6 nitrogen and oxygen atoms in total. The molecule has 132 valence electrons. The van der Waals surface area contributed by atoms with Crippen molar-refractivity contribution in [3.63, 3.8) is 0 Å². The molecule has 0 saturated heterocycles. The van der Waals surface area contributed by atoms with E-state index in [-0.39, 0.29) is 12.3 Å². The van der Waals surface area contributed by atoms with Gasteiger partial charge in [0.05, 0.1) is 25.0 Å². The Balaban J connectivity index is 2.00. The minimum absolute atomic E-state index is 0.193. The maximum atomic E-state index is 12.2. The van der Waals surface area contributed by atoms with Gasteiger partial charge in [0, 0.05) is 6.42 Å². The third kappa shape index (κ3) is 4.97. The van der Waals surface area contributed by atoms with E-state index in [4.69, 9.17) is 15.2 Å². The van der Waals surface area contributed by atoms with Gasteiger partial charge in [0.15, 0.2) is 11.5 Å². The Morgan fingerprint density at radius 1 is 1.12 bits per heavy atom. The summed E-state index contributed by atoms with van der Waals surface area (Å²) in [4.78, 5) is 23.5. The monoisotopic (exact) mass is 342 g/mol. The van der Waals surface area contributed by atoms with Gasteiger partial charge in [-0.2, -0.15) is 0 Å². The Hall–Kier alpha value is -3.02. The molecule has 0 aliphatic heterocycles. The van der Waals surface area contributed by atoms with Gasteiger partial charge in [-0.25, -0.2) is 0 Å². The van der Waals surface area contributed by atoms with E-state index in [1.807, 2.05) is 25.1 Å². The van der Waals surface area contributed by atoms with Gasteiger partial charge in [-0.3, -0.25) is 9.59 Å². The minimum Gasteiger partial charge on any atom is -0.493 e. The number of amides is 2. The first-order valence-electron chi connectivity index (χ1n) is 8.03. The highest BCUT2D eigenvalue weighted by molar-refractivity contribution is 6.02. The average Bonchev–Trinajstić information content (AvgIpc) is 2.61. The third-order valence-electron chi connectivity index (χ3n) is 3.64. The molecule has 2 aromatic rings. The van der Waals surface area contributed by atoms with Gasteiger partial charge >= 0.3 is 0 Å². The van der Waals surface area contributed by atoms with Gasteiger partial charge < -0.3 is 20.5 Å². The number of para-hydroxylation sites is 1. The molecule has 0 heterocycles. The first-order chi connectivity index (χ1) is 12.0. The lowest BCUT2D eigenvalue weighted by Gasteiger charge is -2.11. The first-order valence-corrected chi connectivity index (χ1v) is 8.03. The van der Waals surface area contributed by atoms with E-state index in [1.54, 1.807) is 31.4 Å².